The van der Waals surface area contributed by atoms with Crippen molar-refractivity contribution in [3.8, 4) is 0 Å². The van der Waals surface area contributed by atoms with Gasteiger partial charge in [0, 0.05) is 17.3 Å². The van der Waals surface area contributed by atoms with Gasteiger partial charge in [-0.15, -0.1) is 0 Å². The van der Waals surface area contributed by atoms with Crippen LogP contribution < -0.4 is 16.6 Å². The summed E-state index contributed by atoms with van der Waals surface area (Å²) >= 11 is 6.01. The number of nitrogens with one attached hydrogen (secondary N) is 1. The molecule has 0 aliphatic carbocycles. The second-order valence-electron chi connectivity index (χ2n) is 6.00. The van der Waals surface area contributed by atoms with E-state index in [1.165, 1.54) is 4.57 Å². The molecule has 0 radical (unpaired) electrons. The zero-order chi connectivity index (χ0) is 18.8. The minimum absolute atomic E-state index is 0.203. The lowest BCUT2D eigenvalue weighted by Gasteiger charge is -2.13. The van der Waals surface area contributed by atoms with Crippen LogP contribution in [0.5, 0.6) is 0 Å². The van der Waals surface area contributed by atoms with Gasteiger partial charge in [-0.25, -0.2) is 4.79 Å². The van der Waals surface area contributed by atoms with Gasteiger partial charge in [0.1, 0.15) is 6.54 Å². The minimum atomic E-state index is -0.506. The number of carbonyl (C=O) groups is 1. The second-order valence-corrected chi connectivity index (χ2v) is 6.44. The molecule has 1 amide bonds. The monoisotopic (exact) mass is 371 g/mol. The fourth-order valence-corrected chi connectivity index (χ4v) is 3.24. The molecule has 0 unspecified atom stereocenters. The molecule has 0 aliphatic rings. The quantitative estimate of drug-likeness (QED) is 0.766. The van der Waals surface area contributed by atoms with Gasteiger partial charge in [0.25, 0.3) is 5.56 Å². The van der Waals surface area contributed by atoms with Crippen molar-refractivity contribution in [1.29, 1.82) is 0 Å². The number of carbonyl (C=O) groups excluding carboxylic acids is 1. The van der Waals surface area contributed by atoms with Crippen molar-refractivity contribution in [2.24, 2.45) is 0 Å². The Labute approximate surface area is 154 Å². The number of amides is 1. The maximum absolute atomic E-state index is 12.7. The molecular weight excluding hydrogens is 354 g/mol. The SMILES string of the molecule is CCn1c(=O)c2ccccc2n(CC(=O)Nc2cc(C)cc(Cl)c2)c1=O. The molecule has 0 fully saturated rings. The molecule has 134 valence electrons. The summed E-state index contributed by atoms with van der Waals surface area (Å²) in [6.45, 7) is 3.62. The summed E-state index contributed by atoms with van der Waals surface area (Å²) in [4.78, 5) is 37.6. The Hall–Kier alpha value is -2.86. The molecular formula is C19H18ClN3O3. The molecule has 7 heteroatoms. The number of anilines is 1. The Balaban J connectivity index is 2.01. The van der Waals surface area contributed by atoms with Crippen LogP contribution >= 0.6 is 11.6 Å². The first-order chi connectivity index (χ1) is 12.4. The summed E-state index contributed by atoms with van der Waals surface area (Å²) in [6.07, 6.45) is 0. The highest BCUT2D eigenvalue weighted by molar-refractivity contribution is 6.31. The van der Waals surface area contributed by atoms with Crippen LogP contribution in [0.25, 0.3) is 10.9 Å². The van der Waals surface area contributed by atoms with Crippen molar-refractivity contribution in [1.82, 2.24) is 9.13 Å². The van der Waals surface area contributed by atoms with E-state index in [0.717, 1.165) is 10.1 Å². The Bertz CT molecular complexity index is 1090. The van der Waals surface area contributed by atoms with Crippen molar-refractivity contribution in [2.45, 2.75) is 26.9 Å². The highest BCUT2D eigenvalue weighted by atomic mass is 35.5. The van der Waals surface area contributed by atoms with E-state index in [9.17, 15) is 14.4 Å². The smallest absolute Gasteiger partial charge is 0.324 e. The molecule has 6 nitrogen and oxygen atoms in total. The highest BCUT2D eigenvalue weighted by Gasteiger charge is 2.14. The van der Waals surface area contributed by atoms with Crippen LogP contribution in [0, 0.1) is 6.92 Å². The zero-order valence-corrected chi connectivity index (χ0v) is 15.2. The third kappa shape index (κ3) is 3.41. The fourth-order valence-electron chi connectivity index (χ4n) is 2.96. The maximum Gasteiger partial charge on any atom is 0.331 e. The zero-order valence-electron chi connectivity index (χ0n) is 14.5. The Morgan fingerprint density at radius 3 is 2.54 bits per heavy atom. The Morgan fingerprint density at radius 1 is 1.12 bits per heavy atom. The lowest BCUT2D eigenvalue weighted by Crippen LogP contribution is -2.41. The van der Waals surface area contributed by atoms with Crippen LogP contribution in [0.15, 0.2) is 52.1 Å². The largest absolute Gasteiger partial charge is 0.331 e. The molecule has 0 saturated heterocycles. The predicted octanol–water partition coefficient (Wildman–Crippen LogP) is 2.78. The number of benzene rings is 2. The molecule has 1 N–H and O–H groups in total. The third-order valence-electron chi connectivity index (χ3n) is 4.08. The van der Waals surface area contributed by atoms with Crippen LogP contribution in [0.4, 0.5) is 5.69 Å². The molecule has 3 aromatic rings. The first-order valence-corrected chi connectivity index (χ1v) is 8.58. The first kappa shape index (κ1) is 17.9. The lowest BCUT2D eigenvalue weighted by atomic mass is 10.2. The summed E-state index contributed by atoms with van der Waals surface area (Å²) in [5, 5.41) is 3.66. The normalized spacial score (nSPS) is 10.9. The van der Waals surface area contributed by atoms with Crippen molar-refractivity contribution >= 4 is 34.1 Å². The highest BCUT2D eigenvalue weighted by Crippen LogP contribution is 2.18. The summed E-state index contributed by atoms with van der Waals surface area (Å²) in [5.74, 6) is -0.375. The number of hydrogen-bond acceptors (Lipinski definition) is 3. The number of aromatic nitrogens is 2. The van der Waals surface area contributed by atoms with Crippen LogP contribution in [0.1, 0.15) is 12.5 Å². The predicted molar refractivity (Wildman–Crippen MR) is 103 cm³/mol. The van der Waals surface area contributed by atoms with Crippen LogP contribution in [-0.2, 0) is 17.9 Å². The summed E-state index contributed by atoms with van der Waals surface area (Å²) in [6, 6.07) is 12.0. The number of halogens is 1. The van der Waals surface area contributed by atoms with Gasteiger partial charge in [0.05, 0.1) is 10.9 Å². The molecule has 0 bridgehead atoms. The number of aryl methyl sites for hydroxylation is 1. The molecule has 0 saturated carbocycles. The number of para-hydroxylation sites is 1. The van der Waals surface area contributed by atoms with Gasteiger partial charge in [0.2, 0.25) is 5.91 Å². The van der Waals surface area contributed by atoms with Gasteiger partial charge in [0.15, 0.2) is 0 Å². The van der Waals surface area contributed by atoms with E-state index in [2.05, 4.69) is 5.32 Å². The average Bonchev–Trinajstić information content (AvgIpc) is 2.58. The van der Waals surface area contributed by atoms with E-state index in [4.69, 9.17) is 11.6 Å². The molecule has 0 aliphatic heterocycles. The first-order valence-electron chi connectivity index (χ1n) is 8.20. The lowest BCUT2D eigenvalue weighted by molar-refractivity contribution is -0.116. The van der Waals surface area contributed by atoms with Crippen LogP contribution in [0.3, 0.4) is 0 Å². The summed E-state index contributed by atoms with van der Waals surface area (Å²) in [5.41, 5.74) is 1.05. The van der Waals surface area contributed by atoms with E-state index >= 15 is 0 Å². The van der Waals surface area contributed by atoms with E-state index < -0.39 is 5.69 Å². The number of hydrogen-bond donors (Lipinski definition) is 1. The molecule has 1 heterocycles. The van der Waals surface area contributed by atoms with Crippen molar-refractivity contribution in [3.05, 3.63) is 73.9 Å². The number of fused-ring (bicyclic) bond motifs is 1. The van der Waals surface area contributed by atoms with Crippen LogP contribution in [0.2, 0.25) is 5.02 Å². The average molecular weight is 372 g/mol. The van der Waals surface area contributed by atoms with Gasteiger partial charge in [-0.1, -0.05) is 23.7 Å². The summed E-state index contributed by atoms with van der Waals surface area (Å²) < 4.78 is 2.44. The molecule has 3 rings (SSSR count). The Kier molecular flexibility index (Phi) is 4.95. The van der Waals surface area contributed by atoms with Crippen molar-refractivity contribution in [3.63, 3.8) is 0 Å². The standard InChI is InChI=1S/C19H18ClN3O3/c1-3-22-18(25)15-6-4-5-7-16(15)23(19(22)26)11-17(24)21-14-9-12(2)8-13(20)10-14/h4-10H,3,11H2,1-2H3,(H,21,24). The van der Waals surface area contributed by atoms with Gasteiger partial charge in [-0.05, 0) is 49.7 Å². The Morgan fingerprint density at radius 2 is 1.85 bits per heavy atom. The van der Waals surface area contributed by atoms with E-state index in [-0.39, 0.29) is 24.6 Å². The second kappa shape index (κ2) is 7.17. The topological polar surface area (TPSA) is 73.1 Å². The van der Waals surface area contributed by atoms with Crippen molar-refractivity contribution < 1.29 is 4.79 Å². The van der Waals surface area contributed by atoms with Gasteiger partial charge < -0.3 is 5.32 Å². The molecule has 2 aromatic carbocycles. The third-order valence-corrected chi connectivity index (χ3v) is 4.29. The van der Waals surface area contributed by atoms with E-state index in [1.54, 1.807) is 49.4 Å². The van der Waals surface area contributed by atoms with Crippen LogP contribution in [-0.4, -0.2) is 15.0 Å². The van der Waals surface area contributed by atoms with Gasteiger partial charge >= 0.3 is 5.69 Å². The summed E-state index contributed by atoms with van der Waals surface area (Å²) in [7, 11) is 0. The molecule has 0 atom stereocenters. The molecule has 26 heavy (non-hydrogen) atoms. The molecule has 0 spiro atoms. The molecule has 1 aromatic heterocycles. The van der Waals surface area contributed by atoms with E-state index in [0.29, 0.717) is 21.6 Å². The van der Waals surface area contributed by atoms with E-state index in [1.807, 2.05) is 6.92 Å². The maximum atomic E-state index is 12.7. The number of rotatable bonds is 4. The number of nitrogens with zero attached hydrogens (tertiary/aromatic N) is 2. The van der Waals surface area contributed by atoms with Crippen molar-refractivity contribution in [2.75, 3.05) is 5.32 Å². The minimum Gasteiger partial charge on any atom is -0.324 e. The fraction of sp³-hybridized carbons (Fsp3) is 0.211. The van der Waals surface area contributed by atoms with Gasteiger partial charge in [-0.3, -0.25) is 18.7 Å². The van der Waals surface area contributed by atoms with Gasteiger partial charge in [-0.2, -0.15) is 0 Å².